The predicted molar refractivity (Wildman–Crippen MR) is 98.6 cm³/mol. The number of carbonyl (C=O) groups is 3. The van der Waals surface area contributed by atoms with Gasteiger partial charge < -0.3 is 5.11 Å². The highest BCUT2D eigenvalue weighted by Gasteiger charge is 2.41. The number of amides is 2. The van der Waals surface area contributed by atoms with Crippen LogP contribution in [-0.4, -0.2) is 27.8 Å². The second kappa shape index (κ2) is 6.53. The van der Waals surface area contributed by atoms with E-state index < -0.39 is 23.8 Å². The molecular formula is C22H15NO4. The van der Waals surface area contributed by atoms with E-state index in [4.69, 9.17) is 0 Å². The molecule has 132 valence electrons. The van der Waals surface area contributed by atoms with Crippen LogP contribution in [0.5, 0.6) is 0 Å². The van der Waals surface area contributed by atoms with Crippen LogP contribution in [0.1, 0.15) is 48.2 Å². The molecular weight excluding hydrogens is 342 g/mol. The van der Waals surface area contributed by atoms with Gasteiger partial charge in [0.1, 0.15) is 0 Å². The molecule has 0 spiro atoms. The van der Waals surface area contributed by atoms with Gasteiger partial charge in [0.15, 0.2) is 0 Å². The molecule has 0 aromatic heterocycles. The zero-order valence-corrected chi connectivity index (χ0v) is 14.2. The highest BCUT2D eigenvalue weighted by atomic mass is 16.4. The first-order valence-electron chi connectivity index (χ1n) is 8.43. The van der Waals surface area contributed by atoms with Crippen molar-refractivity contribution >= 4 is 17.8 Å². The molecule has 1 aliphatic heterocycles. The molecule has 2 amide bonds. The minimum atomic E-state index is -1.14. The molecule has 0 bridgehead atoms. The molecule has 5 heteroatoms. The van der Waals surface area contributed by atoms with Crippen molar-refractivity contribution in [2.24, 2.45) is 0 Å². The van der Waals surface area contributed by atoms with Crippen LogP contribution < -0.4 is 0 Å². The number of imide groups is 1. The molecule has 1 N–H and O–H groups in total. The molecule has 0 unspecified atom stereocenters. The standard InChI is InChI=1S/C22H15NO4/c24-20-17-12-11-16(22(26)27)13-18(17)21(25)23(20)19(14-7-3-1-4-8-14)15-9-5-2-6-10-15/h1-13,19H,(H,26,27). The van der Waals surface area contributed by atoms with Gasteiger partial charge in [0, 0.05) is 0 Å². The summed E-state index contributed by atoms with van der Waals surface area (Å²) < 4.78 is 0. The zero-order chi connectivity index (χ0) is 19.0. The SMILES string of the molecule is O=C(O)c1ccc2c(c1)C(=O)N(C(c1ccccc1)c1ccccc1)C2=O. The number of carbonyl (C=O) groups excluding carboxylic acids is 2. The normalized spacial score (nSPS) is 13.1. The average molecular weight is 357 g/mol. The molecule has 1 aliphatic rings. The Kier molecular flexibility index (Phi) is 4.05. The molecule has 0 radical (unpaired) electrons. The van der Waals surface area contributed by atoms with E-state index in [1.807, 2.05) is 60.7 Å². The summed E-state index contributed by atoms with van der Waals surface area (Å²) in [5.74, 6) is -2.06. The summed E-state index contributed by atoms with van der Waals surface area (Å²) in [5, 5.41) is 9.19. The predicted octanol–water partition coefficient (Wildman–Crippen LogP) is 3.77. The Morgan fingerprint density at radius 2 is 1.26 bits per heavy atom. The van der Waals surface area contributed by atoms with Gasteiger partial charge in [0.2, 0.25) is 0 Å². The summed E-state index contributed by atoms with van der Waals surface area (Å²) in [6.45, 7) is 0. The summed E-state index contributed by atoms with van der Waals surface area (Å²) in [5.41, 5.74) is 1.93. The molecule has 0 aliphatic carbocycles. The molecule has 27 heavy (non-hydrogen) atoms. The van der Waals surface area contributed by atoms with E-state index in [-0.39, 0.29) is 16.7 Å². The average Bonchev–Trinajstić information content (AvgIpc) is 2.95. The van der Waals surface area contributed by atoms with Crippen LogP contribution in [0.25, 0.3) is 0 Å². The van der Waals surface area contributed by atoms with Crippen molar-refractivity contribution in [1.29, 1.82) is 0 Å². The Bertz CT molecular complexity index is 1000. The Morgan fingerprint density at radius 3 is 1.78 bits per heavy atom. The van der Waals surface area contributed by atoms with Gasteiger partial charge in [-0.25, -0.2) is 4.79 Å². The third-order valence-electron chi connectivity index (χ3n) is 4.65. The van der Waals surface area contributed by atoms with Gasteiger partial charge in [-0.15, -0.1) is 0 Å². The van der Waals surface area contributed by atoms with E-state index in [2.05, 4.69) is 0 Å². The van der Waals surface area contributed by atoms with Crippen LogP contribution in [0.3, 0.4) is 0 Å². The summed E-state index contributed by atoms with van der Waals surface area (Å²) in [6, 6.07) is 22.0. The summed E-state index contributed by atoms with van der Waals surface area (Å²) >= 11 is 0. The molecule has 0 saturated heterocycles. The van der Waals surface area contributed by atoms with Crippen LogP contribution in [0.2, 0.25) is 0 Å². The lowest BCUT2D eigenvalue weighted by Crippen LogP contribution is -2.34. The zero-order valence-electron chi connectivity index (χ0n) is 14.2. The topological polar surface area (TPSA) is 74.7 Å². The number of hydrogen-bond donors (Lipinski definition) is 1. The van der Waals surface area contributed by atoms with Crippen LogP contribution in [0, 0.1) is 0 Å². The summed E-state index contributed by atoms with van der Waals surface area (Å²) in [7, 11) is 0. The van der Waals surface area contributed by atoms with Gasteiger partial charge >= 0.3 is 5.97 Å². The van der Waals surface area contributed by atoms with Crippen molar-refractivity contribution in [3.8, 4) is 0 Å². The fourth-order valence-electron chi connectivity index (χ4n) is 3.39. The largest absolute Gasteiger partial charge is 0.478 e. The maximum atomic E-state index is 13.1. The van der Waals surface area contributed by atoms with Crippen molar-refractivity contribution < 1.29 is 19.5 Å². The smallest absolute Gasteiger partial charge is 0.335 e. The fraction of sp³-hybridized carbons (Fsp3) is 0.0455. The quantitative estimate of drug-likeness (QED) is 0.721. The highest BCUT2D eigenvalue weighted by molar-refractivity contribution is 6.22. The van der Waals surface area contributed by atoms with E-state index in [9.17, 15) is 19.5 Å². The second-order valence-electron chi connectivity index (χ2n) is 6.27. The molecule has 0 saturated carbocycles. The van der Waals surface area contributed by atoms with Crippen molar-refractivity contribution in [2.45, 2.75) is 6.04 Å². The van der Waals surface area contributed by atoms with E-state index in [1.165, 1.54) is 23.1 Å². The van der Waals surface area contributed by atoms with E-state index in [0.29, 0.717) is 0 Å². The summed E-state index contributed by atoms with van der Waals surface area (Å²) in [4.78, 5) is 38.6. The first kappa shape index (κ1) is 16.7. The van der Waals surface area contributed by atoms with E-state index in [0.717, 1.165) is 11.1 Å². The van der Waals surface area contributed by atoms with Crippen molar-refractivity contribution in [3.05, 3.63) is 107 Å². The maximum Gasteiger partial charge on any atom is 0.335 e. The Hall–Kier alpha value is -3.73. The van der Waals surface area contributed by atoms with Crippen molar-refractivity contribution in [1.82, 2.24) is 4.90 Å². The van der Waals surface area contributed by atoms with Gasteiger partial charge in [-0.2, -0.15) is 0 Å². The summed E-state index contributed by atoms with van der Waals surface area (Å²) in [6.07, 6.45) is 0. The molecule has 5 nitrogen and oxygen atoms in total. The molecule has 3 aromatic carbocycles. The number of carboxylic acid groups (broad SMARTS) is 1. The van der Waals surface area contributed by atoms with Gasteiger partial charge in [-0.1, -0.05) is 60.7 Å². The number of rotatable bonds is 4. The van der Waals surface area contributed by atoms with E-state index >= 15 is 0 Å². The Labute approximate surface area is 155 Å². The van der Waals surface area contributed by atoms with Gasteiger partial charge in [-0.05, 0) is 29.3 Å². The lowest BCUT2D eigenvalue weighted by molar-refractivity contribution is 0.0607. The minimum Gasteiger partial charge on any atom is -0.478 e. The van der Waals surface area contributed by atoms with E-state index in [1.54, 1.807) is 0 Å². The maximum absolute atomic E-state index is 13.1. The van der Waals surface area contributed by atoms with Gasteiger partial charge in [0.05, 0.1) is 22.7 Å². The Balaban J connectivity index is 1.85. The number of carboxylic acids is 1. The van der Waals surface area contributed by atoms with Crippen LogP contribution >= 0.6 is 0 Å². The molecule has 1 heterocycles. The first-order valence-corrected chi connectivity index (χ1v) is 8.43. The molecule has 0 atom stereocenters. The number of nitrogens with zero attached hydrogens (tertiary/aromatic N) is 1. The third-order valence-corrected chi connectivity index (χ3v) is 4.65. The minimum absolute atomic E-state index is 0.0206. The molecule has 4 rings (SSSR count). The lowest BCUT2D eigenvalue weighted by Gasteiger charge is -2.27. The van der Waals surface area contributed by atoms with Crippen LogP contribution in [-0.2, 0) is 0 Å². The number of fused-ring (bicyclic) bond motifs is 1. The highest BCUT2D eigenvalue weighted by Crippen LogP contribution is 2.36. The third kappa shape index (κ3) is 2.79. The second-order valence-corrected chi connectivity index (χ2v) is 6.27. The van der Waals surface area contributed by atoms with Crippen LogP contribution in [0.4, 0.5) is 0 Å². The van der Waals surface area contributed by atoms with Crippen molar-refractivity contribution in [2.75, 3.05) is 0 Å². The lowest BCUT2D eigenvalue weighted by atomic mass is 9.97. The fourth-order valence-corrected chi connectivity index (χ4v) is 3.39. The van der Waals surface area contributed by atoms with Crippen LogP contribution in [0.15, 0.2) is 78.9 Å². The Morgan fingerprint density at radius 1 is 0.741 bits per heavy atom. The number of aromatic carboxylic acids is 1. The van der Waals surface area contributed by atoms with Gasteiger partial charge in [-0.3, -0.25) is 14.5 Å². The number of hydrogen-bond acceptors (Lipinski definition) is 3. The monoisotopic (exact) mass is 357 g/mol. The van der Waals surface area contributed by atoms with Crippen molar-refractivity contribution in [3.63, 3.8) is 0 Å². The molecule has 0 fully saturated rings. The first-order chi connectivity index (χ1) is 13.1. The number of benzene rings is 3. The molecule has 3 aromatic rings. The van der Waals surface area contributed by atoms with Gasteiger partial charge in [0.25, 0.3) is 11.8 Å².